The van der Waals surface area contributed by atoms with Crippen molar-refractivity contribution in [2.24, 2.45) is 0 Å². The van der Waals surface area contributed by atoms with Gasteiger partial charge in [-0.3, -0.25) is 9.10 Å². The summed E-state index contributed by atoms with van der Waals surface area (Å²) in [4.78, 5) is 12.4. The first-order valence-electron chi connectivity index (χ1n) is 10.9. The van der Waals surface area contributed by atoms with Crippen LogP contribution in [0.25, 0.3) is 0 Å². The van der Waals surface area contributed by atoms with E-state index in [1.165, 1.54) is 16.6 Å². The van der Waals surface area contributed by atoms with Crippen molar-refractivity contribution < 1.29 is 17.6 Å². The first kappa shape index (κ1) is 25.8. The number of carbonyl (C=O) groups is 1. The van der Waals surface area contributed by atoms with E-state index in [4.69, 9.17) is 0 Å². The smallest absolute Gasteiger partial charge is 0.251 e. The van der Waals surface area contributed by atoms with Gasteiger partial charge >= 0.3 is 0 Å². The zero-order valence-electron chi connectivity index (χ0n) is 19.5. The zero-order chi connectivity index (χ0) is 24.7. The normalized spacial score (nSPS) is 11.3. The number of nitrogens with one attached hydrogen (secondary N) is 1. The van der Waals surface area contributed by atoms with Crippen LogP contribution in [0.4, 0.5) is 10.1 Å². The minimum atomic E-state index is -3.50. The number of nitrogens with zero attached hydrogens (tertiary/aromatic N) is 1. The fourth-order valence-electron chi connectivity index (χ4n) is 3.62. The van der Waals surface area contributed by atoms with Gasteiger partial charge in [0.25, 0.3) is 5.91 Å². The SMILES string of the molecule is Cc1cccc(C)c1N(Cc1ccc(C(=O)NCCSCc2ccccc2F)cc1)S(C)(=O)=O. The van der Waals surface area contributed by atoms with E-state index in [0.29, 0.717) is 34.9 Å². The van der Waals surface area contributed by atoms with Gasteiger partial charge in [-0.05, 0) is 54.3 Å². The molecule has 0 unspecified atom stereocenters. The van der Waals surface area contributed by atoms with E-state index in [-0.39, 0.29) is 18.3 Å². The molecule has 5 nitrogen and oxygen atoms in total. The molecule has 0 radical (unpaired) electrons. The Kier molecular flexibility index (Phi) is 8.74. The summed E-state index contributed by atoms with van der Waals surface area (Å²) < 4.78 is 40.1. The molecule has 3 aromatic rings. The molecule has 0 spiro atoms. The van der Waals surface area contributed by atoms with E-state index in [0.717, 1.165) is 16.7 Å². The third kappa shape index (κ3) is 6.84. The fourth-order valence-corrected chi connectivity index (χ4v) is 5.47. The minimum absolute atomic E-state index is 0.180. The van der Waals surface area contributed by atoms with Crippen molar-refractivity contribution in [2.45, 2.75) is 26.1 Å². The maximum atomic E-state index is 13.6. The zero-order valence-corrected chi connectivity index (χ0v) is 21.2. The maximum absolute atomic E-state index is 13.6. The van der Waals surface area contributed by atoms with Crippen LogP contribution in [-0.4, -0.2) is 32.9 Å². The van der Waals surface area contributed by atoms with Crippen LogP contribution in [0, 0.1) is 19.7 Å². The van der Waals surface area contributed by atoms with Gasteiger partial charge in [0.05, 0.1) is 18.5 Å². The molecule has 1 N–H and O–H groups in total. The molecule has 180 valence electrons. The molecule has 0 heterocycles. The van der Waals surface area contributed by atoms with Gasteiger partial charge in [0.2, 0.25) is 10.0 Å². The van der Waals surface area contributed by atoms with Gasteiger partial charge in [-0.1, -0.05) is 48.5 Å². The Bertz CT molecular complexity index is 1220. The lowest BCUT2D eigenvalue weighted by Gasteiger charge is -2.26. The molecule has 3 aromatic carbocycles. The van der Waals surface area contributed by atoms with E-state index in [9.17, 15) is 17.6 Å². The second kappa shape index (κ2) is 11.5. The highest BCUT2D eigenvalue weighted by atomic mass is 32.2. The number of anilines is 1. The number of rotatable bonds is 10. The van der Waals surface area contributed by atoms with Crippen LogP contribution < -0.4 is 9.62 Å². The molecular weight excluding hydrogens is 471 g/mol. The summed E-state index contributed by atoms with van der Waals surface area (Å²) >= 11 is 1.55. The van der Waals surface area contributed by atoms with Gasteiger partial charge in [-0.15, -0.1) is 0 Å². The summed E-state index contributed by atoms with van der Waals surface area (Å²) in [5.41, 5.74) is 4.38. The van der Waals surface area contributed by atoms with Gasteiger partial charge < -0.3 is 5.32 Å². The second-order valence-corrected chi connectivity index (χ2v) is 11.1. The Hall–Kier alpha value is -2.84. The van der Waals surface area contributed by atoms with Gasteiger partial charge in [-0.2, -0.15) is 11.8 Å². The Morgan fingerprint density at radius 1 is 0.971 bits per heavy atom. The number of hydrogen-bond acceptors (Lipinski definition) is 4. The van der Waals surface area contributed by atoms with Crippen molar-refractivity contribution in [1.29, 1.82) is 0 Å². The number of aryl methyl sites for hydroxylation is 2. The van der Waals surface area contributed by atoms with Crippen LogP contribution in [-0.2, 0) is 22.3 Å². The number of thioether (sulfide) groups is 1. The number of amides is 1. The third-order valence-electron chi connectivity index (χ3n) is 5.38. The van der Waals surface area contributed by atoms with Crippen LogP contribution in [0.1, 0.15) is 32.6 Å². The summed E-state index contributed by atoms with van der Waals surface area (Å²) in [5, 5.41) is 2.87. The summed E-state index contributed by atoms with van der Waals surface area (Å²) in [6.45, 7) is 4.43. The van der Waals surface area contributed by atoms with Crippen molar-refractivity contribution >= 4 is 33.4 Å². The van der Waals surface area contributed by atoms with Crippen molar-refractivity contribution in [1.82, 2.24) is 5.32 Å². The molecule has 0 aliphatic rings. The Labute approximate surface area is 205 Å². The molecule has 0 saturated carbocycles. The van der Waals surface area contributed by atoms with Crippen molar-refractivity contribution in [2.75, 3.05) is 22.9 Å². The molecular formula is C26H29FN2O3S2. The maximum Gasteiger partial charge on any atom is 0.251 e. The molecule has 0 atom stereocenters. The van der Waals surface area contributed by atoms with Crippen LogP contribution in [0.3, 0.4) is 0 Å². The number of sulfonamides is 1. The average Bonchev–Trinajstić information content (AvgIpc) is 2.79. The lowest BCUT2D eigenvalue weighted by Crippen LogP contribution is -2.30. The fraction of sp³-hybridized carbons (Fsp3) is 0.269. The minimum Gasteiger partial charge on any atom is -0.351 e. The number of para-hydroxylation sites is 1. The predicted octanol–water partition coefficient (Wildman–Crippen LogP) is 5.07. The molecule has 1 amide bonds. The molecule has 0 aromatic heterocycles. The summed E-state index contributed by atoms with van der Waals surface area (Å²) in [7, 11) is -3.50. The largest absolute Gasteiger partial charge is 0.351 e. The highest BCUT2D eigenvalue weighted by Crippen LogP contribution is 2.28. The highest BCUT2D eigenvalue weighted by Gasteiger charge is 2.21. The van der Waals surface area contributed by atoms with E-state index in [2.05, 4.69) is 5.32 Å². The summed E-state index contributed by atoms with van der Waals surface area (Å²) in [6, 6.07) is 19.3. The predicted molar refractivity (Wildman–Crippen MR) is 138 cm³/mol. The standard InChI is InChI=1S/C26H29FN2O3S2/c1-19-7-6-8-20(2)25(19)29(34(3,31)32)17-21-11-13-22(14-12-21)26(30)28-15-16-33-18-23-9-4-5-10-24(23)27/h4-14H,15-18H2,1-3H3,(H,28,30). The molecule has 0 bridgehead atoms. The average molecular weight is 501 g/mol. The monoisotopic (exact) mass is 500 g/mol. The summed E-state index contributed by atoms with van der Waals surface area (Å²) in [5.74, 6) is 0.796. The second-order valence-electron chi connectivity index (χ2n) is 8.11. The van der Waals surface area contributed by atoms with Gasteiger partial charge in [-0.25, -0.2) is 12.8 Å². The first-order valence-corrected chi connectivity index (χ1v) is 13.9. The van der Waals surface area contributed by atoms with Crippen molar-refractivity contribution in [3.8, 4) is 0 Å². The first-order chi connectivity index (χ1) is 16.2. The van der Waals surface area contributed by atoms with Gasteiger partial charge in [0.15, 0.2) is 0 Å². The molecule has 0 fully saturated rings. The van der Waals surface area contributed by atoms with E-state index in [1.54, 1.807) is 48.2 Å². The summed E-state index contributed by atoms with van der Waals surface area (Å²) in [6.07, 6.45) is 1.20. The van der Waals surface area contributed by atoms with E-state index in [1.807, 2.05) is 38.1 Å². The van der Waals surface area contributed by atoms with Crippen molar-refractivity contribution in [3.63, 3.8) is 0 Å². The van der Waals surface area contributed by atoms with Crippen LogP contribution in [0.2, 0.25) is 0 Å². The topological polar surface area (TPSA) is 66.5 Å². The lowest BCUT2D eigenvalue weighted by molar-refractivity contribution is 0.0956. The third-order valence-corrected chi connectivity index (χ3v) is 7.50. The van der Waals surface area contributed by atoms with Crippen molar-refractivity contribution in [3.05, 3.63) is 100 Å². The van der Waals surface area contributed by atoms with E-state index < -0.39 is 10.0 Å². The van der Waals surface area contributed by atoms with E-state index >= 15 is 0 Å². The molecule has 34 heavy (non-hydrogen) atoms. The Balaban J connectivity index is 1.57. The molecule has 0 aliphatic carbocycles. The Morgan fingerprint density at radius 3 is 2.24 bits per heavy atom. The number of carbonyl (C=O) groups excluding carboxylic acids is 1. The number of halogens is 1. The lowest BCUT2D eigenvalue weighted by atomic mass is 10.1. The van der Waals surface area contributed by atoms with Gasteiger partial charge in [0.1, 0.15) is 5.82 Å². The van der Waals surface area contributed by atoms with Crippen LogP contribution in [0.15, 0.2) is 66.7 Å². The quantitative estimate of drug-likeness (QED) is 0.395. The van der Waals surface area contributed by atoms with Crippen LogP contribution >= 0.6 is 11.8 Å². The number of hydrogen-bond donors (Lipinski definition) is 1. The Morgan fingerprint density at radius 2 is 1.62 bits per heavy atom. The number of benzene rings is 3. The molecule has 3 rings (SSSR count). The highest BCUT2D eigenvalue weighted by molar-refractivity contribution is 7.98. The van der Waals surface area contributed by atoms with Crippen LogP contribution in [0.5, 0.6) is 0 Å². The molecule has 0 saturated heterocycles. The molecule has 0 aliphatic heterocycles. The van der Waals surface area contributed by atoms with Gasteiger partial charge in [0, 0.05) is 23.6 Å². The molecule has 8 heteroatoms.